The van der Waals surface area contributed by atoms with Gasteiger partial charge in [-0.25, -0.2) is 0 Å². The Labute approximate surface area is 167 Å². The van der Waals surface area contributed by atoms with Crippen LogP contribution in [0.15, 0.2) is 66.7 Å². The molecular formula is C25H27N3. The minimum Gasteiger partial charge on any atom is -0.382 e. The van der Waals surface area contributed by atoms with E-state index in [-0.39, 0.29) is 0 Å². The fourth-order valence-corrected chi connectivity index (χ4v) is 4.46. The normalized spacial score (nSPS) is 19.1. The highest BCUT2D eigenvalue weighted by Crippen LogP contribution is 2.31. The first-order valence-corrected chi connectivity index (χ1v) is 10.3. The van der Waals surface area contributed by atoms with Crippen LogP contribution in [0.3, 0.4) is 0 Å². The average molecular weight is 370 g/mol. The highest BCUT2D eigenvalue weighted by atomic mass is 15.2. The molecule has 3 aromatic rings. The van der Waals surface area contributed by atoms with Crippen LogP contribution >= 0.6 is 0 Å². The molecule has 0 spiro atoms. The van der Waals surface area contributed by atoms with Gasteiger partial charge in [-0.05, 0) is 79.8 Å². The molecule has 2 unspecified atom stereocenters. The minimum atomic E-state index is 0.473. The zero-order chi connectivity index (χ0) is 19.3. The standard InChI is InChI=1S/C25H27N3/c1-2-28(25-15-12-20-6-3-4-7-21(20)16-25)24-9-5-8-23(17-24)27-22-13-10-19(18-26)11-14-22/h3-4,6-7,10-16,23-24,27H,2,5,8-9,17H2,1H3. The van der Waals surface area contributed by atoms with E-state index in [9.17, 15) is 0 Å². The van der Waals surface area contributed by atoms with Gasteiger partial charge in [-0.2, -0.15) is 5.26 Å². The Morgan fingerprint density at radius 3 is 2.54 bits per heavy atom. The molecule has 1 aliphatic rings. The van der Waals surface area contributed by atoms with Crippen LogP contribution in [0, 0.1) is 11.3 Å². The van der Waals surface area contributed by atoms with E-state index >= 15 is 0 Å². The number of nitrogens with zero attached hydrogens (tertiary/aromatic N) is 2. The zero-order valence-electron chi connectivity index (χ0n) is 16.4. The third-order valence-corrected chi connectivity index (χ3v) is 5.88. The van der Waals surface area contributed by atoms with Gasteiger partial charge in [0.25, 0.3) is 0 Å². The third kappa shape index (κ3) is 3.97. The van der Waals surface area contributed by atoms with Crippen molar-refractivity contribution in [1.29, 1.82) is 5.26 Å². The summed E-state index contributed by atoms with van der Waals surface area (Å²) in [5, 5.41) is 15.3. The Bertz CT molecular complexity index is 971. The van der Waals surface area contributed by atoms with Gasteiger partial charge in [-0.1, -0.05) is 30.3 Å². The summed E-state index contributed by atoms with van der Waals surface area (Å²) in [4.78, 5) is 2.57. The molecule has 1 fully saturated rings. The van der Waals surface area contributed by atoms with Crippen LogP contribution < -0.4 is 10.2 Å². The monoisotopic (exact) mass is 369 g/mol. The first kappa shape index (κ1) is 18.4. The predicted molar refractivity (Wildman–Crippen MR) is 118 cm³/mol. The molecule has 4 rings (SSSR count). The Hall–Kier alpha value is -2.99. The molecule has 0 heterocycles. The third-order valence-electron chi connectivity index (χ3n) is 5.88. The Morgan fingerprint density at radius 1 is 1.00 bits per heavy atom. The van der Waals surface area contributed by atoms with Crippen molar-refractivity contribution in [2.75, 3.05) is 16.8 Å². The summed E-state index contributed by atoms with van der Waals surface area (Å²) >= 11 is 0. The molecule has 2 atom stereocenters. The van der Waals surface area contributed by atoms with Crippen LogP contribution in [-0.2, 0) is 0 Å². The van der Waals surface area contributed by atoms with Gasteiger partial charge in [-0.3, -0.25) is 0 Å². The van der Waals surface area contributed by atoms with Gasteiger partial charge < -0.3 is 10.2 Å². The van der Waals surface area contributed by atoms with E-state index in [1.807, 2.05) is 24.3 Å². The second-order valence-corrected chi connectivity index (χ2v) is 7.67. The van der Waals surface area contributed by atoms with Crippen molar-refractivity contribution in [3.8, 4) is 6.07 Å². The van der Waals surface area contributed by atoms with Crippen LogP contribution in [0.5, 0.6) is 0 Å². The molecule has 28 heavy (non-hydrogen) atoms. The van der Waals surface area contributed by atoms with Gasteiger partial charge in [0.2, 0.25) is 0 Å². The molecule has 0 aromatic heterocycles. The van der Waals surface area contributed by atoms with Crippen molar-refractivity contribution < 1.29 is 0 Å². The maximum atomic E-state index is 8.97. The van der Waals surface area contributed by atoms with Gasteiger partial charge in [0, 0.05) is 30.0 Å². The summed E-state index contributed by atoms with van der Waals surface area (Å²) in [7, 11) is 0. The van der Waals surface area contributed by atoms with Gasteiger partial charge in [-0.15, -0.1) is 0 Å². The average Bonchev–Trinajstić information content (AvgIpc) is 2.75. The molecule has 1 saturated carbocycles. The summed E-state index contributed by atoms with van der Waals surface area (Å²) in [6.45, 7) is 3.28. The molecule has 3 nitrogen and oxygen atoms in total. The molecule has 0 amide bonds. The first-order chi connectivity index (χ1) is 13.8. The molecule has 1 N–H and O–H groups in total. The number of benzene rings is 3. The van der Waals surface area contributed by atoms with Crippen LogP contribution in [0.4, 0.5) is 11.4 Å². The smallest absolute Gasteiger partial charge is 0.0991 e. The molecule has 0 aliphatic heterocycles. The molecule has 3 aromatic carbocycles. The van der Waals surface area contributed by atoms with Crippen molar-refractivity contribution in [2.45, 2.75) is 44.7 Å². The van der Waals surface area contributed by atoms with Gasteiger partial charge >= 0.3 is 0 Å². The van der Waals surface area contributed by atoms with Crippen molar-refractivity contribution in [3.05, 3.63) is 72.3 Å². The fraction of sp³-hybridized carbons (Fsp3) is 0.320. The van der Waals surface area contributed by atoms with E-state index in [1.165, 1.54) is 35.7 Å². The number of hydrogen-bond acceptors (Lipinski definition) is 3. The molecule has 142 valence electrons. The summed E-state index contributed by atoms with van der Waals surface area (Å²) in [5.41, 5.74) is 3.14. The van der Waals surface area contributed by atoms with Crippen LogP contribution in [0.25, 0.3) is 10.8 Å². The summed E-state index contributed by atoms with van der Waals surface area (Å²) < 4.78 is 0. The van der Waals surface area contributed by atoms with E-state index in [1.54, 1.807) is 0 Å². The number of nitrogens with one attached hydrogen (secondary N) is 1. The van der Waals surface area contributed by atoms with Gasteiger partial charge in [0.15, 0.2) is 0 Å². The Morgan fingerprint density at radius 2 is 1.79 bits per heavy atom. The molecule has 1 aliphatic carbocycles. The lowest BCUT2D eigenvalue weighted by Crippen LogP contribution is -2.42. The predicted octanol–water partition coefficient (Wildman–Crippen LogP) is 5.96. The lowest BCUT2D eigenvalue weighted by atomic mass is 9.89. The molecule has 0 saturated heterocycles. The number of anilines is 2. The SMILES string of the molecule is CCN(c1ccc2ccccc2c1)C1CCCC(Nc2ccc(C#N)cc2)C1. The topological polar surface area (TPSA) is 39.1 Å². The van der Waals surface area contributed by atoms with E-state index in [0.717, 1.165) is 18.7 Å². The highest BCUT2D eigenvalue weighted by molar-refractivity contribution is 5.85. The number of fused-ring (bicyclic) bond motifs is 1. The molecule has 0 bridgehead atoms. The van der Waals surface area contributed by atoms with E-state index in [0.29, 0.717) is 17.6 Å². The van der Waals surface area contributed by atoms with Gasteiger partial charge in [0.05, 0.1) is 11.6 Å². The minimum absolute atomic E-state index is 0.473. The van der Waals surface area contributed by atoms with Crippen molar-refractivity contribution >= 4 is 22.1 Å². The Balaban J connectivity index is 1.48. The number of hydrogen-bond donors (Lipinski definition) is 1. The Kier molecular flexibility index (Phi) is 5.48. The molecular weight excluding hydrogens is 342 g/mol. The lowest BCUT2D eigenvalue weighted by Gasteiger charge is -2.39. The second kappa shape index (κ2) is 8.35. The number of nitriles is 1. The van der Waals surface area contributed by atoms with Crippen LogP contribution in [0.2, 0.25) is 0 Å². The van der Waals surface area contributed by atoms with E-state index in [4.69, 9.17) is 5.26 Å². The zero-order valence-corrected chi connectivity index (χ0v) is 16.4. The van der Waals surface area contributed by atoms with E-state index in [2.05, 4.69) is 65.7 Å². The molecule has 0 radical (unpaired) electrons. The first-order valence-electron chi connectivity index (χ1n) is 10.3. The van der Waals surface area contributed by atoms with Crippen molar-refractivity contribution in [2.24, 2.45) is 0 Å². The quantitative estimate of drug-likeness (QED) is 0.603. The fourth-order valence-electron chi connectivity index (χ4n) is 4.46. The second-order valence-electron chi connectivity index (χ2n) is 7.67. The van der Waals surface area contributed by atoms with Crippen molar-refractivity contribution in [1.82, 2.24) is 0 Å². The highest BCUT2D eigenvalue weighted by Gasteiger charge is 2.26. The van der Waals surface area contributed by atoms with E-state index < -0.39 is 0 Å². The number of rotatable bonds is 5. The maximum Gasteiger partial charge on any atom is 0.0991 e. The maximum absolute atomic E-state index is 8.97. The lowest BCUT2D eigenvalue weighted by molar-refractivity contribution is 0.390. The summed E-state index contributed by atoms with van der Waals surface area (Å²) in [6, 6.07) is 26.4. The van der Waals surface area contributed by atoms with Crippen molar-refractivity contribution in [3.63, 3.8) is 0 Å². The van der Waals surface area contributed by atoms with Crippen LogP contribution in [-0.4, -0.2) is 18.6 Å². The largest absolute Gasteiger partial charge is 0.382 e. The summed E-state index contributed by atoms with van der Waals surface area (Å²) in [6.07, 6.45) is 4.82. The van der Waals surface area contributed by atoms with Gasteiger partial charge in [0.1, 0.15) is 0 Å². The summed E-state index contributed by atoms with van der Waals surface area (Å²) in [5.74, 6) is 0. The van der Waals surface area contributed by atoms with Crippen LogP contribution in [0.1, 0.15) is 38.2 Å². The molecule has 3 heteroatoms.